The first-order valence-corrected chi connectivity index (χ1v) is 5.36. The van der Waals surface area contributed by atoms with E-state index < -0.39 is 27.0 Å². The second kappa shape index (κ2) is 3.44. The molecule has 0 saturated carbocycles. The lowest BCUT2D eigenvalue weighted by Gasteiger charge is -1.95. The quantitative estimate of drug-likeness (QED) is 0.788. The molecule has 1 heterocycles. The summed E-state index contributed by atoms with van der Waals surface area (Å²) in [5.74, 6) is -1.63. The molecular formula is C9H5F3NO2S+. The molecule has 0 amide bonds. The zero-order chi connectivity index (χ0) is 11.9. The van der Waals surface area contributed by atoms with E-state index in [2.05, 4.69) is 4.98 Å². The number of carbonyl (C=O) groups is 1. The smallest absolute Gasteiger partial charge is 0.473 e. The van der Waals surface area contributed by atoms with Gasteiger partial charge in [0.1, 0.15) is 16.0 Å². The number of halogens is 3. The first kappa shape index (κ1) is 10.9. The zero-order valence-corrected chi connectivity index (χ0v) is 8.47. The summed E-state index contributed by atoms with van der Waals surface area (Å²) < 4.78 is 38.1. The van der Waals surface area contributed by atoms with Crippen molar-refractivity contribution < 1.29 is 23.1 Å². The van der Waals surface area contributed by atoms with Crippen LogP contribution in [0.15, 0.2) is 24.3 Å². The lowest BCUT2D eigenvalue weighted by molar-refractivity contribution is -0.0868. The van der Waals surface area contributed by atoms with Gasteiger partial charge in [-0.1, -0.05) is 12.1 Å². The van der Waals surface area contributed by atoms with Crippen LogP contribution in [-0.2, 0) is 5.51 Å². The number of benzene rings is 1. The Bertz CT molecular complexity index is 561. The van der Waals surface area contributed by atoms with Crippen molar-refractivity contribution in [2.75, 3.05) is 0 Å². The van der Waals surface area contributed by atoms with E-state index in [-0.39, 0.29) is 10.2 Å². The minimum Gasteiger partial charge on any atom is -0.473 e. The molecule has 0 fully saturated rings. The molecule has 0 spiro atoms. The highest BCUT2D eigenvalue weighted by Gasteiger charge is 2.51. The standard InChI is InChI=1S/C9H4F3NO2S/c10-9(11,12)16-6-4-2-1-3-5(6)13-7(16)8(14)15/h1-4H/p+1. The van der Waals surface area contributed by atoms with Gasteiger partial charge in [-0.3, -0.25) is 0 Å². The molecule has 1 aromatic heterocycles. The van der Waals surface area contributed by atoms with Crippen molar-refractivity contribution in [2.24, 2.45) is 0 Å². The third-order valence-electron chi connectivity index (χ3n) is 1.91. The monoisotopic (exact) mass is 248 g/mol. The van der Waals surface area contributed by atoms with Gasteiger partial charge in [-0.15, -0.1) is 13.2 Å². The number of nitrogens with zero attached hydrogens (tertiary/aromatic N) is 1. The molecule has 1 aromatic carbocycles. The van der Waals surface area contributed by atoms with Gasteiger partial charge in [-0.25, -0.2) is 4.79 Å². The molecule has 2 rings (SSSR count). The van der Waals surface area contributed by atoms with E-state index in [1.807, 2.05) is 0 Å². The fraction of sp³-hybridized carbons (Fsp3) is 0.111. The minimum absolute atomic E-state index is 0.0765. The van der Waals surface area contributed by atoms with E-state index in [4.69, 9.17) is 5.11 Å². The molecule has 1 N–H and O–H groups in total. The number of aromatic carboxylic acids is 1. The Morgan fingerprint density at radius 3 is 2.50 bits per heavy atom. The predicted molar refractivity (Wildman–Crippen MR) is 52.5 cm³/mol. The van der Waals surface area contributed by atoms with Gasteiger partial charge in [-0.2, -0.15) is 4.98 Å². The Kier molecular flexibility index (Phi) is 2.34. The Hall–Kier alpha value is -1.63. The normalized spacial score (nSPS) is 13.1. The second-order valence-corrected chi connectivity index (χ2v) is 4.84. The minimum atomic E-state index is -4.61. The number of hydrogen-bond acceptors (Lipinski definition) is 2. The number of thiazole rings is 1. The van der Waals surface area contributed by atoms with Crippen molar-refractivity contribution in [1.82, 2.24) is 4.98 Å². The third kappa shape index (κ3) is 1.63. The van der Waals surface area contributed by atoms with Crippen LogP contribution in [0.5, 0.6) is 0 Å². The Balaban J connectivity index is 2.85. The lowest BCUT2D eigenvalue weighted by atomic mass is 10.3. The fourth-order valence-electron chi connectivity index (χ4n) is 1.35. The highest BCUT2D eigenvalue weighted by atomic mass is 32.2. The van der Waals surface area contributed by atoms with Gasteiger partial charge >= 0.3 is 16.5 Å². The molecule has 16 heavy (non-hydrogen) atoms. The number of para-hydroxylation sites is 1. The molecule has 1 unspecified atom stereocenters. The van der Waals surface area contributed by atoms with Crippen LogP contribution in [0.2, 0.25) is 0 Å². The highest BCUT2D eigenvalue weighted by molar-refractivity contribution is 7.39. The van der Waals surface area contributed by atoms with Gasteiger partial charge < -0.3 is 5.11 Å². The van der Waals surface area contributed by atoms with Crippen LogP contribution in [-0.4, -0.2) is 16.1 Å². The van der Waals surface area contributed by atoms with Gasteiger partial charge in [0.2, 0.25) is 4.70 Å². The Labute approximate surface area is 90.1 Å². The zero-order valence-electron chi connectivity index (χ0n) is 7.65. The molecule has 0 bridgehead atoms. The molecule has 0 aliphatic carbocycles. The van der Waals surface area contributed by atoms with E-state index in [1.54, 1.807) is 0 Å². The number of carboxylic acids is 1. The van der Waals surface area contributed by atoms with Crippen LogP contribution in [0.25, 0.3) is 10.2 Å². The maximum Gasteiger partial charge on any atom is 0.602 e. The number of hydrogen-bond donors (Lipinski definition) is 1. The van der Waals surface area contributed by atoms with E-state index in [0.717, 1.165) is 0 Å². The van der Waals surface area contributed by atoms with Crippen molar-refractivity contribution in [3.05, 3.63) is 29.3 Å². The van der Waals surface area contributed by atoms with Gasteiger partial charge in [-0.05, 0) is 6.07 Å². The number of fused-ring (bicyclic) bond motifs is 1. The van der Waals surface area contributed by atoms with Gasteiger partial charge in [0, 0.05) is 6.07 Å². The SMILES string of the molecule is O=C(O)c1nc2ccccc2[s+]1C(F)(F)F. The molecule has 0 saturated heterocycles. The van der Waals surface area contributed by atoms with Crippen molar-refractivity contribution in [1.29, 1.82) is 0 Å². The number of alkyl halides is 3. The lowest BCUT2D eigenvalue weighted by Crippen LogP contribution is -2.03. The number of aromatic nitrogens is 1. The van der Waals surface area contributed by atoms with Gasteiger partial charge in [0.15, 0.2) is 0 Å². The molecule has 0 aliphatic rings. The summed E-state index contributed by atoms with van der Waals surface area (Å²) in [6.07, 6.45) is 0. The first-order valence-electron chi connectivity index (χ1n) is 4.13. The maximum atomic E-state index is 12.7. The van der Waals surface area contributed by atoms with Crippen molar-refractivity contribution >= 4 is 26.7 Å². The van der Waals surface area contributed by atoms with Crippen molar-refractivity contribution in [2.45, 2.75) is 5.51 Å². The second-order valence-electron chi connectivity index (χ2n) is 2.94. The van der Waals surface area contributed by atoms with Crippen LogP contribution in [0.1, 0.15) is 9.80 Å². The van der Waals surface area contributed by atoms with Gasteiger partial charge in [0.05, 0.1) is 0 Å². The summed E-state index contributed by atoms with van der Waals surface area (Å²) in [6, 6.07) is 5.58. The van der Waals surface area contributed by atoms with E-state index in [0.29, 0.717) is 0 Å². The molecule has 7 heteroatoms. The number of rotatable bonds is 1. The predicted octanol–water partition coefficient (Wildman–Crippen LogP) is 3.16. The molecular weight excluding hydrogens is 243 g/mol. The van der Waals surface area contributed by atoms with E-state index >= 15 is 0 Å². The maximum absolute atomic E-state index is 12.7. The molecule has 3 nitrogen and oxygen atoms in total. The highest BCUT2D eigenvalue weighted by Crippen LogP contribution is 2.49. The van der Waals surface area contributed by atoms with E-state index in [9.17, 15) is 18.0 Å². The fourth-order valence-corrected chi connectivity index (χ4v) is 2.93. The van der Waals surface area contributed by atoms with Crippen molar-refractivity contribution in [3.63, 3.8) is 0 Å². The first-order chi connectivity index (χ1) is 7.41. The Morgan fingerprint density at radius 2 is 1.94 bits per heavy atom. The average Bonchev–Trinajstić information content (AvgIpc) is 2.55. The summed E-state index contributed by atoms with van der Waals surface area (Å²) in [6.45, 7) is 0. The summed E-state index contributed by atoms with van der Waals surface area (Å²) >= 11 is 0. The Morgan fingerprint density at radius 1 is 1.31 bits per heavy atom. The molecule has 0 aliphatic heterocycles. The molecule has 84 valence electrons. The summed E-state index contributed by atoms with van der Waals surface area (Å²) in [5.41, 5.74) is -4.52. The van der Waals surface area contributed by atoms with Crippen LogP contribution < -0.4 is 0 Å². The third-order valence-corrected chi connectivity index (χ3v) is 3.82. The van der Waals surface area contributed by atoms with Crippen LogP contribution >= 0.6 is 10.5 Å². The summed E-state index contributed by atoms with van der Waals surface area (Å²) in [4.78, 5) is 14.2. The van der Waals surface area contributed by atoms with E-state index in [1.165, 1.54) is 24.3 Å². The topological polar surface area (TPSA) is 50.2 Å². The number of carboxylic acid groups (broad SMARTS) is 1. The van der Waals surface area contributed by atoms with Crippen molar-refractivity contribution in [3.8, 4) is 0 Å². The largest absolute Gasteiger partial charge is 0.602 e. The molecule has 0 radical (unpaired) electrons. The molecule has 2 aromatic rings. The van der Waals surface area contributed by atoms with Gasteiger partial charge in [0.25, 0.3) is 0 Å². The molecule has 1 atom stereocenters. The summed E-state index contributed by atoms with van der Waals surface area (Å²) in [5, 5.41) is 7.86. The van der Waals surface area contributed by atoms with Crippen LogP contribution in [0.4, 0.5) is 13.2 Å². The average molecular weight is 248 g/mol. The summed E-state index contributed by atoms with van der Waals surface area (Å²) in [7, 11) is -2.44. The van der Waals surface area contributed by atoms with Crippen LogP contribution in [0.3, 0.4) is 0 Å². The van der Waals surface area contributed by atoms with Crippen LogP contribution in [0, 0.1) is 0 Å².